The van der Waals surface area contributed by atoms with Crippen LogP contribution in [0.3, 0.4) is 0 Å². The second kappa shape index (κ2) is 5.40. The smallest absolute Gasteiger partial charge is 0.270 e. The van der Waals surface area contributed by atoms with Gasteiger partial charge in [0, 0.05) is 31.8 Å². The van der Waals surface area contributed by atoms with Crippen LogP contribution in [-0.4, -0.2) is 34.0 Å². The van der Waals surface area contributed by atoms with Crippen LogP contribution in [0, 0.1) is 0 Å². The lowest BCUT2D eigenvalue weighted by molar-refractivity contribution is -0.125. The zero-order chi connectivity index (χ0) is 13.9. The molecular formula is C14H16N4O2. The average Bonchev–Trinajstić information content (AvgIpc) is 2.97. The molecule has 1 saturated heterocycles. The van der Waals surface area contributed by atoms with Crippen molar-refractivity contribution in [3.8, 4) is 0 Å². The summed E-state index contributed by atoms with van der Waals surface area (Å²) in [6.45, 7) is 0.735. The number of carbonyl (C=O) groups excluding carboxylic acids is 2. The Labute approximate surface area is 116 Å². The molecule has 0 aromatic carbocycles. The maximum absolute atomic E-state index is 12.5. The predicted octanol–water partition coefficient (Wildman–Crippen LogP) is 1.01. The minimum Gasteiger partial charge on any atom is -0.330 e. The Balaban J connectivity index is 1.79. The first-order chi connectivity index (χ1) is 9.75. The highest BCUT2D eigenvalue weighted by Gasteiger charge is 2.33. The Bertz CT molecular complexity index is 556. The molecule has 3 heterocycles. The van der Waals surface area contributed by atoms with Crippen LogP contribution < -0.4 is 5.43 Å². The molecule has 0 saturated carbocycles. The van der Waals surface area contributed by atoms with Crippen molar-refractivity contribution in [3.05, 3.63) is 30.1 Å². The van der Waals surface area contributed by atoms with Gasteiger partial charge in [-0.25, -0.2) is 5.43 Å². The third-order valence-electron chi connectivity index (χ3n) is 3.76. The summed E-state index contributed by atoms with van der Waals surface area (Å²) in [6.07, 6.45) is 6.18. The van der Waals surface area contributed by atoms with Crippen LogP contribution in [0.15, 0.2) is 29.6 Å². The fraction of sp³-hybridized carbons (Fsp3) is 0.429. The minimum absolute atomic E-state index is 0.0655. The molecular weight excluding hydrogens is 256 g/mol. The lowest BCUT2D eigenvalue weighted by Gasteiger charge is -2.26. The van der Waals surface area contributed by atoms with E-state index in [0.29, 0.717) is 18.6 Å². The van der Waals surface area contributed by atoms with Crippen LogP contribution in [0.4, 0.5) is 0 Å². The van der Waals surface area contributed by atoms with Gasteiger partial charge in [0.25, 0.3) is 5.91 Å². The van der Waals surface area contributed by atoms with Gasteiger partial charge in [-0.2, -0.15) is 5.10 Å². The lowest BCUT2D eigenvalue weighted by atomic mass is 10.1. The van der Waals surface area contributed by atoms with E-state index in [0.717, 1.165) is 24.9 Å². The van der Waals surface area contributed by atoms with E-state index in [1.807, 2.05) is 17.0 Å². The molecule has 1 fully saturated rings. The number of nitrogens with zero attached hydrogens (tertiary/aromatic N) is 3. The van der Waals surface area contributed by atoms with Crippen LogP contribution in [-0.2, 0) is 9.59 Å². The van der Waals surface area contributed by atoms with Gasteiger partial charge < -0.3 is 4.90 Å². The van der Waals surface area contributed by atoms with Crippen molar-refractivity contribution in [3.63, 3.8) is 0 Å². The third kappa shape index (κ3) is 2.41. The monoisotopic (exact) mass is 272 g/mol. The van der Waals surface area contributed by atoms with E-state index in [1.165, 1.54) is 0 Å². The number of carbonyl (C=O) groups is 2. The average molecular weight is 272 g/mol. The summed E-state index contributed by atoms with van der Waals surface area (Å²) < 4.78 is 0. The van der Waals surface area contributed by atoms with E-state index in [4.69, 9.17) is 0 Å². The van der Waals surface area contributed by atoms with Crippen molar-refractivity contribution in [2.75, 3.05) is 6.54 Å². The van der Waals surface area contributed by atoms with Gasteiger partial charge in [-0.3, -0.25) is 14.6 Å². The normalized spacial score (nSPS) is 22.4. The molecule has 3 rings (SSSR count). The second-order valence-corrected chi connectivity index (χ2v) is 5.03. The Hall–Kier alpha value is -2.24. The SMILES string of the molecule is O=C1CCC(C(=O)N2CCCC2c2ccncc2)=NN1. The topological polar surface area (TPSA) is 74.7 Å². The standard InChI is InChI=1S/C14H16N4O2/c19-13-4-3-11(16-17-13)14(20)18-9-1-2-12(18)10-5-7-15-8-6-10/h5-8,12H,1-4,9H2,(H,17,19). The Morgan fingerprint density at radius 2 is 2.10 bits per heavy atom. The van der Waals surface area contributed by atoms with Crippen LogP contribution >= 0.6 is 0 Å². The molecule has 0 radical (unpaired) electrons. The second-order valence-electron chi connectivity index (χ2n) is 5.03. The van der Waals surface area contributed by atoms with Crippen LogP contribution in [0.25, 0.3) is 0 Å². The fourth-order valence-corrected chi connectivity index (χ4v) is 2.74. The van der Waals surface area contributed by atoms with Gasteiger partial charge in [0.05, 0.1) is 6.04 Å². The van der Waals surface area contributed by atoms with E-state index >= 15 is 0 Å². The van der Waals surface area contributed by atoms with Crippen molar-refractivity contribution in [1.29, 1.82) is 0 Å². The number of hydrogen-bond acceptors (Lipinski definition) is 4. The van der Waals surface area contributed by atoms with Gasteiger partial charge in [0.1, 0.15) is 5.71 Å². The molecule has 1 N–H and O–H groups in total. The minimum atomic E-state index is -0.131. The number of pyridine rings is 1. The van der Waals surface area contributed by atoms with Crippen LogP contribution in [0.5, 0.6) is 0 Å². The zero-order valence-electron chi connectivity index (χ0n) is 11.1. The van der Waals surface area contributed by atoms with Gasteiger partial charge in [0.2, 0.25) is 5.91 Å². The predicted molar refractivity (Wildman–Crippen MR) is 72.7 cm³/mol. The summed E-state index contributed by atoms with van der Waals surface area (Å²) in [4.78, 5) is 29.5. The molecule has 1 unspecified atom stereocenters. The van der Waals surface area contributed by atoms with Crippen molar-refractivity contribution >= 4 is 17.5 Å². The molecule has 1 aromatic rings. The largest absolute Gasteiger partial charge is 0.330 e. The lowest BCUT2D eigenvalue weighted by Crippen LogP contribution is -2.39. The van der Waals surface area contributed by atoms with E-state index in [-0.39, 0.29) is 17.9 Å². The van der Waals surface area contributed by atoms with E-state index < -0.39 is 0 Å². The molecule has 0 spiro atoms. The number of rotatable bonds is 2. The fourth-order valence-electron chi connectivity index (χ4n) is 2.74. The quantitative estimate of drug-likeness (QED) is 0.873. The first-order valence-corrected chi connectivity index (χ1v) is 6.82. The molecule has 20 heavy (non-hydrogen) atoms. The van der Waals surface area contributed by atoms with Crippen molar-refractivity contribution in [2.45, 2.75) is 31.7 Å². The number of amides is 2. The Morgan fingerprint density at radius 3 is 2.80 bits per heavy atom. The third-order valence-corrected chi connectivity index (χ3v) is 3.76. The first-order valence-electron chi connectivity index (χ1n) is 6.82. The number of hydrazone groups is 1. The number of likely N-dealkylation sites (tertiary alicyclic amines) is 1. The molecule has 0 aliphatic carbocycles. The molecule has 2 aliphatic heterocycles. The van der Waals surface area contributed by atoms with Crippen molar-refractivity contribution < 1.29 is 9.59 Å². The maximum Gasteiger partial charge on any atom is 0.270 e. The highest BCUT2D eigenvalue weighted by molar-refractivity contribution is 6.39. The molecule has 104 valence electrons. The van der Waals surface area contributed by atoms with Crippen molar-refractivity contribution in [2.24, 2.45) is 5.10 Å². The first kappa shape index (κ1) is 12.8. The highest BCUT2D eigenvalue weighted by atomic mass is 16.2. The zero-order valence-corrected chi connectivity index (χ0v) is 11.1. The van der Waals surface area contributed by atoms with Gasteiger partial charge in [-0.1, -0.05) is 0 Å². The van der Waals surface area contributed by atoms with E-state index in [9.17, 15) is 9.59 Å². The summed E-state index contributed by atoms with van der Waals surface area (Å²) in [5.41, 5.74) is 3.94. The molecule has 2 amide bonds. The molecule has 0 bridgehead atoms. The summed E-state index contributed by atoms with van der Waals surface area (Å²) in [5, 5.41) is 3.90. The summed E-state index contributed by atoms with van der Waals surface area (Å²) in [7, 11) is 0. The van der Waals surface area contributed by atoms with E-state index in [1.54, 1.807) is 12.4 Å². The summed E-state index contributed by atoms with van der Waals surface area (Å²) >= 11 is 0. The maximum atomic E-state index is 12.5. The number of aromatic nitrogens is 1. The highest BCUT2D eigenvalue weighted by Crippen LogP contribution is 2.32. The summed E-state index contributed by atoms with van der Waals surface area (Å²) in [6, 6.07) is 3.98. The van der Waals surface area contributed by atoms with Gasteiger partial charge >= 0.3 is 0 Å². The molecule has 1 aromatic heterocycles. The molecule has 1 atom stereocenters. The number of nitrogens with one attached hydrogen (secondary N) is 1. The van der Waals surface area contributed by atoms with Gasteiger partial charge in [0.15, 0.2) is 0 Å². The molecule has 2 aliphatic rings. The van der Waals surface area contributed by atoms with Gasteiger partial charge in [-0.15, -0.1) is 0 Å². The molecule has 6 nitrogen and oxygen atoms in total. The van der Waals surface area contributed by atoms with Gasteiger partial charge in [-0.05, 0) is 30.5 Å². The Kier molecular flexibility index (Phi) is 3.45. The van der Waals surface area contributed by atoms with Crippen LogP contribution in [0.1, 0.15) is 37.3 Å². The van der Waals surface area contributed by atoms with E-state index in [2.05, 4.69) is 15.5 Å². The Morgan fingerprint density at radius 1 is 1.30 bits per heavy atom. The van der Waals surface area contributed by atoms with Crippen molar-refractivity contribution in [1.82, 2.24) is 15.3 Å². The number of hydrogen-bond donors (Lipinski definition) is 1. The van der Waals surface area contributed by atoms with Crippen LogP contribution in [0.2, 0.25) is 0 Å². The summed E-state index contributed by atoms with van der Waals surface area (Å²) in [5.74, 6) is -0.196. The molecule has 6 heteroatoms.